The van der Waals surface area contributed by atoms with Crippen molar-refractivity contribution in [3.05, 3.63) is 53.6 Å². The van der Waals surface area contributed by atoms with E-state index >= 15 is 0 Å². The summed E-state index contributed by atoms with van der Waals surface area (Å²) >= 11 is 7.03. The van der Waals surface area contributed by atoms with Crippen molar-refractivity contribution in [1.29, 1.82) is 0 Å². The fraction of sp³-hybridized carbons (Fsp3) is 0.300. The molecule has 0 spiro atoms. The van der Waals surface area contributed by atoms with Gasteiger partial charge in [-0.25, -0.2) is 8.42 Å². The molecule has 1 aliphatic heterocycles. The lowest BCUT2D eigenvalue weighted by molar-refractivity contribution is -0.132. The number of nitrogens with one attached hydrogen (secondary N) is 2. The summed E-state index contributed by atoms with van der Waals surface area (Å²) in [5, 5.41) is 3.16. The quantitative estimate of drug-likeness (QED) is 0.598. The van der Waals surface area contributed by atoms with E-state index < -0.39 is 10.0 Å². The molecule has 11 heteroatoms. The van der Waals surface area contributed by atoms with Gasteiger partial charge in [0.25, 0.3) is 10.0 Å². The van der Waals surface area contributed by atoms with Gasteiger partial charge in [0.15, 0.2) is 0 Å². The number of ether oxygens (including phenoxy) is 1. The second-order valence-corrected chi connectivity index (χ2v) is 9.78. The van der Waals surface area contributed by atoms with Crippen LogP contribution in [0, 0.1) is 0 Å². The van der Waals surface area contributed by atoms with Gasteiger partial charge < -0.3 is 15.0 Å². The number of benzene rings is 2. The normalized spacial score (nSPS) is 14.2. The van der Waals surface area contributed by atoms with Crippen molar-refractivity contribution < 1.29 is 22.7 Å². The maximum atomic E-state index is 12.6. The first kappa shape index (κ1) is 23.4. The lowest BCUT2D eigenvalue weighted by atomic mass is 10.3. The van der Waals surface area contributed by atoms with E-state index in [9.17, 15) is 18.0 Å². The number of carbonyl (C=O) groups excluding carboxylic acids is 2. The van der Waals surface area contributed by atoms with Crippen LogP contribution >= 0.6 is 23.4 Å². The number of amides is 2. The van der Waals surface area contributed by atoms with E-state index in [2.05, 4.69) is 10.0 Å². The Hall–Kier alpha value is -2.27. The molecular weight excluding hydrogens is 462 g/mol. The summed E-state index contributed by atoms with van der Waals surface area (Å²) in [7, 11) is -3.84. The van der Waals surface area contributed by atoms with Crippen LogP contribution in [-0.2, 0) is 24.3 Å². The lowest BCUT2D eigenvalue weighted by Crippen LogP contribution is -2.41. The van der Waals surface area contributed by atoms with Crippen molar-refractivity contribution in [3.8, 4) is 0 Å². The molecular formula is C20H22ClN3O5S2. The van der Waals surface area contributed by atoms with Gasteiger partial charge in [0.1, 0.15) is 0 Å². The molecule has 0 aliphatic carbocycles. The summed E-state index contributed by atoms with van der Waals surface area (Å²) in [6.45, 7) is 2.19. The van der Waals surface area contributed by atoms with Gasteiger partial charge in [0.05, 0.1) is 29.6 Å². The minimum atomic E-state index is -3.84. The Labute approximate surface area is 190 Å². The number of hydrogen-bond acceptors (Lipinski definition) is 6. The van der Waals surface area contributed by atoms with E-state index in [4.69, 9.17) is 16.3 Å². The lowest BCUT2D eigenvalue weighted by Gasteiger charge is -2.26. The monoisotopic (exact) mass is 483 g/mol. The molecule has 1 aliphatic rings. The number of sulfonamides is 1. The van der Waals surface area contributed by atoms with E-state index in [0.717, 1.165) is 0 Å². The molecule has 8 nitrogen and oxygen atoms in total. The number of anilines is 2. The Bertz CT molecular complexity index is 1030. The topological polar surface area (TPSA) is 105 Å². The molecule has 2 N–H and O–H groups in total. The Kier molecular flexibility index (Phi) is 8.19. The third kappa shape index (κ3) is 7.13. The predicted molar refractivity (Wildman–Crippen MR) is 122 cm³/mol. The molecule has 0 atom stereocenters. The molecule has 0 unspecified atom stereocenters. The van der Waals surface area contributed by atoms with Gasteiger partial charge in [-0.1, -0.05) is 17.7 Å². The van der Waals surface area contributed by atoms with Crippen LogP contribution in [0.2, 0.25) is 5.02 Å². The van der Waals surface area contributed by atoms with Crippen LogP contribution in [0.4, 0.5) is 11.4 Å². The molecule has 1 heterocycles. The molecule has 0 saturated carbocycles. The third-order valence-electron chi connectivity index (χ3n) is 4.35. The van der Waals surface area contributed by atoms with Gasteiger partial charge in [-0.3, -0.25) is 14.3 Å². The van der Waals surface area contributed by atoms with E-state index in [1.807, 2.05) is 0 Å². The molecule has 1 fully saturated rings. The van der Waals surface area contributed by atoms with Crippen molar-refractivity contribution in [2.75, 3.05) is 47.8 Å². The summed E-state index contributed by atoms with van der Waals surface area (Å²) in [4.78, 5) is 26.0. The van der Waals surface area contributed by atoms with Crippen LogP contribution in [0.25, 0.3) is 0 Å². The summed E-state index contributed by atoms with van der Waals surface area (Å²) < 4.78 is 32.9. The van der Waals surface area contributed by atoms with Crippen LogP contribution in [0.15, 0.2) is 53.4 Å². The molecule has 0 aromatic heterocycles. The number of thioether (sulfide) groups is 1. The molecule has 2 aromatic rings. The van der Waals surface area contributed by atoms with Crippen LogP contribution in [-0.4, -0.2) is 62.9 Å². The summed E-state index contributed by atoms with van der Waals surface area (Å²) in [6.07, 6.45) is 0. The first-order chi connectivity index (χ1) is 14.8. The number of rotatable bonds is 8. The highest BCUT2D eigenvalue weighted by atomic mass is 35.5. The second kappa shape index (κ2) is 10.9. The number of halogens is 1. The van der Waals surface area contributed by atoms with Gasteiger partial charge in [0, 0.05) is 29.5 Å². The molecule has 166 valence electrons. The third-order valence-corrected chi connectivity index (χ3v) is 6.90. The number of nitrogens with zero attached hydrogens (tertiary/aromatic N) is 1. The van der Waals surface area contributed by atoms with Gasteiger partial charge in [0.2, 0.25) is 11.8 Å². The van der Waals surface area contributed by atoms with Crippen LogP contribution in [0.3, 0.4) is 0 Å². The fourth-order valence-electron chi connectivity index (χ4n) is 2.81. The van der Waals surface area contributed by atoms with Crippen molar-refractivity contribution >= 4 is 56.6 Å². The Balaban J connectivity index is 1.52. The minimum Gasteiger partial charge on any atom is -0.378 e. The molecule has 2 amide bonds. The molecule has 1 saturated heterocycles. The standard InChI is InChI=1S/C20H22ClN3O5S2/c21-15-4-6-16(7-5-15)23-31(27,28)18-3-1-2-17(12-18)22-19(25)13-30-14-20(26)24-8-10-29-11-9-24/h1-7,12,23H,8-11,13-14H2,(H,22,25). The minimum absolute atomic E-state index is 0.00963. The number of morpholine rings is 1. The zero-order valence-electron chi connectivity index (χ0n) is 16.5. The average Bonchev–Trinajstić information content (AvgIpc) is 2.76. The zero-order valence-corrected chi connectivity index (χ0v) is 18.9. The summed E-state index contributed by atoms with van der Waals surface area (Å²) in [5.74, 6) is -0.0643. The summed E-state index contributed by atoms with van der Waals surface area (Å²) in [5.41, 5.74) is 0.726. The molecule has 2 aromatic carbocycles. The second-order valence-electron chi connectivity index (χ2n) is 6.67. The smallest absolute Gasteiger partial charge is 0.261 e. The van der Waals surface area contributed by atoms with Crippen molar-refractivity contribution in [3.63, 3.8) is 0 Å². The van der Waals surface area contributed by atoms with Gasteiger partial charge in [-0.15, -0.1) is 11.8 Å². The molecule has 3 rings (SSSR count). The molecule has 31 heavy (non-hydrogen) atoms. The first-order valence-electron chi connectivity index (χ1n) is 9.45. The number of carbonyl (C=O) groups is 2. The van der Waals surface area contributed by atoms with E-state index in [1.54, 1.807) is 41.3 Å². The van der Waals surface area contributed by atoms with E-state index in [0.29, 0.717) is 42.7 Å². The average molecular weight is 484 g/mol. The van der Waals surface area contributed by atoms with Crippen molar-refractivity contribution in [1.82, 2.24) is 4.90 Å². The Morgan fingerprint density at radius 3 is 2.45 bits per heavy atom. The predicted octanol–water partition coefficient (Wildman–Crippen LogP) is 2.67. The zero-order chi connectivity index (χ0) is 22.3. The fourth-order valence-corrected chi connectivity index (χ4v) is 4.75. The maximum absolute atomic E-state index is 12.6. The summed E-state index contributed by atoms with van der Waals surface area (Å²) in [6, 6.07) is 12.2. The van der Waals surface area contributed by atoms with Gasteiger partial charge in [-0.05, 0) is 42.5 Å². The van der Waals surface area contributed by atoms with Crippen molar-refractivity contribution in [2.24, 2.45) is 0 Å². The first-order valence-corrected chi connectivity index (χ1v) is 12.5. The van der Waals surface area contributed by atoms with Crippen molar-refractivity contribution in [2.45, 2.75) is 4.90 Å². The highest BCUT2D eigenvalue weighted by molar-refractivity contribution is 8.00. The molecule has 0 radical (unpaired) electrons. The van der Waals surface area contributed by atoms with E-state index in [-0.39, 0.29) is 28.2 Å². The number of hydrogen-bond donors (Lipinski definition) is 2. The highest BCUT2D eigenvalue weighted by Crippen LogP contribution is 2.21. The van der Waals surface area contributed by atoms with E-state index in [1.165, 1.54) is 23.9 Å². The largest absolute Gasteiger partial charge is 0.378 e. The maximum Gasteiger partial charge on any atom is 0.261 e. The Morgan fingerprint density at radius 2 is 1.74 bits per heavy atom. The van der Waals surface area contributed by atoms with Crippen LogP contribution in [0.5, 0.6) is 0 Å². The van der Waals surface area contributed by atoms with Crippen LogP contribution in [0.1, 0.15) is 0 Å². The van der Waals surface area contributed by atoms with Gasteiger partial charge in [-0.2, -0.15) is 0 Å². The van der Waals surface area contributed by atoms with Crippen LogP contribution < -0.4 is 10.0 Å². The van der Waals surface area contributed by atoms with Gasteiger partial charge >= 0.3 is 0 Å². The molecule has 0 bridgehead atoms. The SMILES string of the molecule is O=C(CSCC(=O)N1CCOCC1)Nc1cccc(S(=O)(=O)Nc2ccc(Cl)cc2)c1. The Morgan fingerprint density at radius 1 is 1.03 bits per heavy atom. The highest BCUT2D eigenvalue weighted by Gasteiger charge is 2.18.